The maximum atomic E-state index is 5.71. The molecule has 0 saturated carbocycles. The third kappa shape index (κ3) is 4.41. The highest BCUT2D eigenvalue weighted by molar-refractivity contribution is 5.80. The van der Waals surface area contributed by atoms with Gasteiger partial charge >= 0.3 is 0 Å². The lowest BCUT2D eigenvalue weighted by Crippen LogP contribution is -2.44. The molecule has 144 valence electrons. The monoisotopic (exact) mass is 361 g/mol. The third-order valence-electron chi connectivity index (χ3n) is 5.09. The Bertz CT molecular complexity index is 627. The molecule has 1 saturated heterocycles. The second-order valence-corrected chi connectivity index (χ2v) is 6.81. The molecule has 0 radical (unpaired) electrons. The predicted octanol–water partition coefficient (Wildman–Crippen LogP) is 2.60. The van der Waals surface area contributed by atoms with Crippen molar-refractivity contribution in [1.29, 1.82) is 0 Å². The quantitative estimate of drug-likeness (QED) is 0.623. The van der Waals surface area contributed by atoms with E-state index in [1.165, 1.54) is 24.0 Å². The molecule has 0 aliphatic carbocycles. The summed E-state index contributed by atoms with van der Waals surface area (Å²) >= 11 is 0. The number of nitrogens with zero attached hydrogens (tertiary/aromatic N) is 2. The fourth-order valence-corrected chi connectivity index (χ4v) is 3.68. The van der Waals surface area contributed by atoms with Crippen LogP contribution in [0.15, 0.2) is 17.1 Å². The molecule has 1 atom stereocenters. The van der Waals surface area contributed by atoms with Gasteiger partial charge in [0.05, 0.1) is 20.3 Å². The molecule has 1 unspecified atom stereocenters. The molecule has 1 N–H and O–H groups in total. The third-order valence-corrected chi connectivity index (χ3v) is 5.09. The van der Waals surface area contributed by atoms with Gasteiger partial charge in [-0.3, -0.25) is 4.99 Å². The molecular weight excluding hydrogens is 330 g/mol. The summed E-state index contributed by atoms with van der Waals surface area (Å²) in [6, 6.07) is 4.20. The van der Waals surface area contributed by atoms with Crippen molar-refractivity contribution in [1.82, 2.24) is 10.2 Å². The lowest BCUT2D eigenvalue weighted by Gasteiger charge is -2.32. The van der Waals surface area contributed by atoms with Crippen LogP contribution in [-0.4, -0.2) is 57.4 Å². The SMILES string of the molecule is CCNC(=NCCC1CCCO1)N1CCc2cc(OC)c(OC)cc2C1. The number of nitrogens with one attached hydrogen (secondary N) is 1. The summed E-state index contributed by atoms with van der Waals surface area (Å²) in [6.07, 6.45) is 4.73. The fourth-order valence-electron chi connectivity index (χ4n) is 3.68. The molecular formula is C20H31N3O3. The first-order valence-corrected chi connectivity index (χ1v) is 9.63. The molecule has 2 aliphatic rings. The average Bonchev–Trinajstić information content (AvgIpc) is 3.19. The van der Waals surface area contributed by atoms with E-state index in [-0.39, 0.29) is 0 Å². The number of guanidine groups is 1. The molecule has 1 fully saturated rings. The summed E-state index contributed by atoms with van der Waals surface area (Å²) in [4.78, 5) is 7.17. The van der Waals surface area contributed by atoms with Gasteiger partial charge in [0.2, 0.25) is 0 Å². The van der Waals surface area contributed by atoms with Crippen LogP contribution in [0, 0.1) is 0 Å². The van der Waals surface area contributed by atoms with E-state index < -0.39 is 0 Å². The molecule has 2 aliphatic heterocycles. The van der Waals surface area contributed by atoms with E-state index in [4.69, 9.17) is 19.2 Å². The number of aliphatic imine (C=N–C) groups is 1. The lowest BCUT2D eigenvalue weighted by molar-refractivity contribution is 0.106. The summed E-state index contributed by atoms with van der Waals surface area (Å²) < 4.78 is 16.6. The number of ether oxygens (including phenoxy) is 3. The Morgan fingerprint density at radius 3 is 2.69 bits per heavy atom. The van der Waals surface area contributed by atoms with Crippen molar-refractivity contribution in [2.75, 3.05) is 40.5 Å². The van der Waals surface area contributed by atoms with Crippen LogP contribution in [0.4, 0.5) is 0 Å². The average molecular weight is 361 g/mol. The Morgan fingerprint density at radius 1 is 1.27 bits per heavy atom. The zero-order chi connectivity index (χ0) is 18.4. The minimum Gasteiger partial charge on any atom is -0.493 e. The number of fused-ring (bicyclic) bond motifs is 1. The van der Waals surface area contributed by atoms with E-state index in [9.17, 15) is 0 Å². The molecule has 0 bridgehead atoms. The maximum absolute atomic E-state index is 5.71. The molecule has 26 heavy (non-hydrogen) atoms. The normalized spacial score (nSPS) is 20.0. The van der Waals surface area contributed by atoms with E-state index in [0.717, 1.165) is 63.1 Å². The first-order valence-electron chi connectivity index (χ1n) is 9.63. The van der Waals surface area contributed by atoms with Crippen LogP contribution in [-0.2, 0) is 17.7 Å². The highest BCUT2D eigenvalue weighted by atomic mass is 16.5. The summed E-state index contributed by atoms with van der Waals surface area (Å²) in [7, 11) is 3.37. The molecule has 2 heterocycles. The summed E-state index contributed by atoms with van der Waals surface area (Å²) in [5.74, 6) is 2.58. The van der Waals surface area contributed by atoms with Crippen molar-refractivity contribution in [3.05, 3.63) is 23.3 Å². The van der Waals surface area contributed by atoms with Gasteiger partial charge < -0.3 is 24.4 Å². The first kappa shape index (κ1) is 18.8. The zero-order valence-electron chi connectivity index (χ0n) is 16.2. The highest BCUT2D eigenvalue weighted by Gasteiger charge is 2.22. The van der Waals surface area contributed by atoms with E-state index in [0.29, 0.717) is 6.10 Å². The van der Waals surface area contributed by atoms with Crippen LogP contribution in [0.5, 0.6) is 11.5 Å². The van der Waals surface area contributed by atoms with Crippen LogP contribution in [0.2, 0.25) is 0 Å². The standard InChI is InChI=1S/C20H31N3O3/c1-4-21-20(22-9-7-17-6-5-11-26-17)23-10-8-15-12-18(24-2)19(25-3)13-16(15)14-23/h12-13,17H,4-11,14H2,1-3H3,(H,21,22). The van der Waals surface area contributed by atoms with Gasteiger partial charge in [0.25, 0.3) is 0 Å². The van der Waals surface area contributed by atoms with Crippen molar-refractivity contribution < 1.29 is 14.2 Å². The Balaban J connectivity index is 1.69. The van der Waals surface area contributed by atoms with E-state index in [1.54, 1.807) is 14.2 Å². The van der Waals surface area contributed by atoms with Gasteiger partial charge in [0.1, 0.15) is 0 Å². The van der Waals surface area contributed by atoms with Crippen molar-refractivity contribution in [2.45, 2.75) is 45.3 Å². The molecule has 0 aromatic heterocycles. The van der Waals surface area contributed by atoms with Gasteiger partial charge in [-0.1, -0.05) is 0 Å². The predicted molar refractivity (Wildman–Crippen MR) is 103 cm³/mol. The Labute approximate surface area is 156 Å². The largest absolute Gasteiger partial charge is 0.493 e. The van der Waals surface area contributed by atoms with Crippen molar-refractivity contribution in [3.8, 4) is 11.5 Å². The van der Waals surface area contributed by atoms with Gasteiger partial charge in [-0.15, -0.1) is 0 Å². The molecule has 3 rings (SSSR count). The highest BCUT2D eigenvalue weighted by Crippen LogP contribution is 2.33. The lowest BCUT2D eigenvalue weighted by atomic mass is 9.99. The topological polar surface area (TPSA) is 55.3 Å². The van der Waals surface area contributed by atoms with Crippen molar-refractivity contribution >= 4 is 5.96 Å². The molecule has 6 nitrogen and oxygen atoms in total. The van der Waals surface area contributed by atoms with Crippen LogP contribution in [0.25, 0.3) is 0 Å². The van der Waals surface area contributed by atoms with Crippen LogP contribution in [0.3, 0.4) is 0 Å². The molecule has 1 aromatic rings. The molecule has 0 spiro atoms. The number of rotatable bonds is 6. The first-order chi connectivity index (χ1) is 12.7. The number of benzene rings is 1. The molecule has 0 amide bonds. The van der Waals surface area contributed by atoms with Gasteiger partial charge in [0.15, 0.2) is 17.5 Å². The fraction of sp³-hybridized carbons (Fsp3) is 0.650. The van der Waals surface area contributed by atoms with Crippen molar-refractivity contribution in [3.63, 3.8) is 0 Å². The Morgan fingerprint density at radius 2 is 2.04 bits per heavy atom. The summed E-state index contributed by atoms with van der Waals surface area (Å²) in [5, 5.41) is 3.44. The maximum Gasteiger partial charge on any atom is 0.194 e. The van der Waals surface area contributed by atoms with Crippen molar-refractivity contribution in [2.24, 2.45) is 4.99 Å². The van der Waals surface area contributed by atoms with Crippen LogP contribution in [0.1, 0.15) is 37.3 Å². The smallest absolute Gasteiger partial charge is 0.194 e. The minimum absolute atomic E-state index is 0.389. The second kappa shape index (κ2) is 9.12. The minimum atomic E-state index is 0.389. The van der Waals surface area contributed by atoms with Gasteiger partial charge in [-0.05, 0) is 55.9 Å². The molecule has 6 heteroatoms. The zero-order valence-corrected chi connectivity index (χ0v) is 16.2. The summed E-state index contributed by atoms with van der Waals surface area (Å²) in [6.45, 7) is 6.48. The number of hydrogen-bond donors (Lipinski definition) is 1. The van der Waals surface area contributed by atoms with Gasteiger partial charge in [-0.25, -0.2) is 0 Å². The van der Waals surface area contributed by atoms with E-state index >= 15 is 0 Å². The van der Waals surface area contributed by atoms with Gasteiger partial charge in [-0.2, -0.15) is 0 Å². The Kier molecular flexibility index (Phi) is 6.61. The van der Waals surface area contributed by atoms with E-state index in [2.05, 4.69) is 29.3 Å². The number of hydrogen-bond acceptors (Lipinski definition) is 4. The number of methoxy groups -OCH3 is 2. The Hall–Kier alpha value is -1.95. The van der Waals surface area contributed by atoms with E-state index in [1.807, 2.05) is 0 Å². The van der Waals surface area contributed by atoms with Gasteiger partial charge in [0, 0.05) is 32.8 Å². The summed E-state index contributed by atoms with van der Waals surface area (Å²) in [5.41, 5.74) is 2.60. The van der Waals surface area contributed by atoms with Crippen LogP contribution >= 0.6 is 0 Å². The molecule has 1 aromatic carbocycles. The second-order valence-electron chi connectivity index (χ2n) is 6.81. The van der Waals surface area contributed by atoms with Crippen LogP contribution < -0.4 is 14.8 Å².